The summed E-state index contributed by atoms with van der Waals surface area (Å²) in [7, 11) is 0. The maximum atomic E-state index is 12.1. The van der Waals surface area contributed by atoms with Crippen LogP contribution in [0.1, 0.15) is 37.0 Å². The highest BCUT2D eigenvalue weighted by molar-refractivity contribution is 8.00. The van der Waals surface area contributed by atoms with Crippen molar-refractivity contribution in [1.29, 1.82) is 0 Å². The predicted octanol–water partition coefficient (Wildman–Crippen LogP) is 1.42. The van der Waals surface area contributed by atoms with E-state index in [0.29, 0.717) is 24.3 Å². The lowest BCUT2D eigenvalue weighted by molar-refractivity contribution is -0.387. The fourth-order valence-corrected chi connectivity index (χ4v) is 2.98. The van der Waals surface area contributed by atoms with E-state index in [2.05, 4.69) is 5.32 Å². The van der Waals surface area contributed by atoms with Gasteiger partial charge in [-0.05, 0) is 25.0 Å². The molecule has 8 nitrogen and oxygen atoms in total. The Balaban J connectivity index is 2.85. The van der Waals surface area contributed by atoms with Crippen molar-refractivity contribution in [1.82, 2.24) is 5.32 Å². The van der Waals surface area contributed by atoms with E-state index in [1.54, 1.807) is 0 Å². The molecule has 1 rings (SSSR count). The van der Waals surface area contributed by atoms with Crippen LogP contribution in [0.15, 0.2) is 23.1 Å². The summed E-state index contributed by atoms with van der Waals surface area (Å²) >= 11 is 1.03. The maximum Gasteiger partial charge on any atom is 0.283 e. The monoisotopic (exact) mass is 354 g/mol. The number of benzene rings is 1. The molecule has 0 radical (unpaired) electrons. The molecule has 0 bridgehead atoms. The normalized spacial score (nSPS) is 11.1. The van der Waals surface area contributed by atoms with Crippen molar-refractivity contribution < 1.29 is 14.5 Å². The van der Waals surface area contributed by atoms with Gasteiger partial charge in [-0.1, -0.05) is 13.8 Å². The number of hydrogen-bond donors (Lipinski definition) is 3. The maximum absolute atomic E-state index is 12.1. The Morgan fingerprint density at radius 2 is 1.96 bits per heavy atom. The highest BCUT2D eigenvalue weighted by atomic mass is 32.2. The summed E-state index contributed by atoms with van der Waals surface area (Å²) in [6.45, 7) is 4.21. The smallest absolute Gasteiger partial charge is 0.283 e. The molecule has 2 amide bonds. The Kier molecular flexibility index (Phi) is 7.18. The van der Waals surface area contributed by atoms with Crippen LogP contribution in [0.5, 0.6) is 0 Å². The first kappa shape index (κ1) is 19.9. The third-order valence-electron chi connectivity index (χ3n) is 3.95. The molecule has 9 heteroatoms. The Labute approximate surface area is 144 Å². The number of carbonyl (C=O) groups is 2. The van der Waals surface area contributed by atoms with Crippen molar-refractivity contribution in [2.24, 2.45) is 11.5 Å². The summed E-state index contributed by atoms with van der Waals surface area (Å²) in [5, 5.41) is 14.0. The van der Waals surface area contributed by atoms with Gasteiger partial charge in [-0.25, -0.2) is 0 Å². The summed E-state index contributed by atoms with van der Waals surface area (Å²) in [6.07, 6.45) is 1.40. The van der Waals surface area contributed by atoms with Crippen molar-refractivity contribution in [3.8, 4) is 0 Å². The van der Waals surface area contributed by atoms with Crippen LogP contribution in [0.3, 0.4) is 0 Å². The number of nitro benzene ring substituents is 1. The molecule has 0 spiro atoms. The highest BCUT2D eigenvalue weighted by Crippen LogP contribution is 2.30. The number of carbonyl (C=O) groups excluding carboxylic acids is 2. The first-order valence-corrected chi connectivity index (χ1v) is 8.49. The molecule has 0 aromatic heterocycles. The molecule has 0 unspecified atom stereocenters. The Hall–Kier alpha value is -2.13. The number of hydrogen-bond acceptors (Lipinski definition) is 6. The Morgan fingerprint density at radius 1 is 1.33 bits per heavy atom. The third-order valence-corrected chi connectivity index (χ3v) is 5.01. The largest absolute Gasteiger partial charge is 0.366 e. The summed E-state index contributed by atoms with van der Waals surface area (Å²) in [4.78, 5) is 34.1. The van der Waals surface area contributed by atoms with Gasteiger partial charge in [0.05, 0.1) is 21.1 Å². The van der Waals surface area contributed by atoms with E-state index in [0.717, 1.165) is 17.8 Å². The predicted molar refractivity (Wildman–Crippen MR) is 92.8 cm³/mol. The standard InChI is InChI=1S/C15H22N4O4S/c1-3-15(4-2,9-16)18-13(20)8-24-12-6-5-10(14(17)21)7-11(12)19(22)23/h5-7H,3-4,8-9,16H2,1-2H3,(H2,17,21)(H,18,20). The lowest BCUT2D eigenvalue weighted by Gasteiger charge is -2.31. The minimum Gasteiger partial charge on any atom is -0.366 e. The highest BCUT2D eigenvalue weighted by Gasteiger charge is 2.26. The molecule has 132 valence electrons. The molecule has 1 aromatic carbocycles. The van der Waals surface area contributed by atoms with Crippen LogP contribution in [0.2, 0.25) is 0 Å². The van der Waals surface area contributed by atoms with Gasteiger partial charge in [-0.15, -0.1) is 11.8 Å². The van der Waals surface area contributed by atoms with E-state index in [4.69, 9.17) is 11.5 Å². The van der Waals surface area contributed by atoms with Crippen molar-refractivity contribution in [2.45, 2.75) is 37.1 Å². The second kappa shape index (κ2) is 8.65. The van der Waals surface area contributed by atoms with E-state index < -0.39 is 16.4 Å². The first-order chi connectivity index (χ1) is 11.3. The number of nitrogens with two attached hydrogens (primary N) is 2. The molecular formula is C15H22N4O4S. The number of nitrogens with one attached hydrogen (secondary N) is 1. The van der Waals surface area contributed by atoms with Gasteiger partial charge >= 0.3 is 0 Å². The van der Waals surface area contributed by atoms with Crippen LogP contribution in [0.4, 0.5) is 5.69 Å². The van der Waals surface area contributed by atoms with Gasteiger partial charge in [0.25, 0.3) is 5.69 Å². The van der Waals surface area contributed by atoms with Crippen molar-refractivity contribution in [3.05, 3.63) is 33.9 Å². The van der Waals surface area contributed by atoms with Gasteiger partial charge in [0.15, 0.2) is 0 Å². The van der Waals surface area contributed by atoms with Crippen LogP contribution < -0.4 is 16.8 Å². The second-order valence-electron chi connectivity index (χ2n) is 5.33. The molecule has 24 heavy (non-hydrogen) atoms. The van der Waals surface area contributed by atoms with Gasteiger partial charge in [0, 0.05) is 18.2 Å². The number of nitrogens with zero attached hydrogens (tertiary/aromatic N) is 1. The summed E-state index contributed by atoms with van der Waals surface area (Å²) < 4.78 is 0. The van der Waals surface area contributed by atoms with Gasteiger partial charge in [0.1, 0.15) is 0 Å². The molecule has 0 heterocycles. The lowest BCUT2D eigenvalue weighted by atomic mass is 9.93. The van der Waals surface area contributed by atoms with Crippen LogP contribution in [-0.4, -0.2) is 34.6 Å². The van der Waals surface area contributed by atoms with Gasteiger partial charge in [-0.2, -0.15) is 0 Å². The zero-order valence-electron chi connectivity index (χ0n) is 13.7. The topological polar surface area (TPSA) is 141 Å². The minimum atomic E-state index is -0.744. The van der Waals surface area contributed by atoms with E-state index in [1.807, 2.05) is 13.8 Å². The molecule has 5 N–H and O–H groups in total. The molecule has 0 aliphatic heterocycles. The molecule has 0 aliphatic carbocycles. The molecule has 0 atom stereocenters. The van der Waals surface area contributed by atoms with Gasteiger partial charge < -0.3 is 16.8 Å². The third kappa shape index (κ3) is 4.93. The number of nitro groups is 1. The summed E-state index contributed by atoms with van der Waals surface area (Å²) in [5.41, 5.74) is 10.2. The number of thioether (sulfide) groups is 1. The number of rotatable bonds is 9. The molecule has 0 saturated carbocycles. The zero-order valence-corrected chi connectivity index (χ0v) is 14.5. The summed E-state index contributed by atoms with van der Waals surface area (Å²) in [5.74, 6) is -0.980. The van der Waals surface area contributed by atoms with Crippen molar-refractivity contribution >= 4 is 29.3 Å². The second-order valence-corrected chi connectivity index (χ2v) is 6.35. The van der Waals surface area contributed by atoms with Crippen LogP contribution in [0.25, 0.3) is 0 Å². The molecule has 1 aromatic rings. The quantitative estimate of drug-likeness (QED) is 0.348. The van der Waals surface area contributed by atoms with Gasteiger partial charge in [-0.3, -0.25) is 19.7 Å². The number of primary amides is 1. The molecule has 0 aliphatic rings. The summed E-state index contributed by atoms with van der Waals surface area (Å²) in [6, 6.07) is 3.94. The molecule has 0 fully saturated rings. The average Bonchev–Trinajstić information content (AvgIpc) is 2.57. The fourth-order valence-electron chi connectivity index (χ4n) is 2.18. The van der Waals surface area contributed by atoms with E-state index in [-0.39, 0.29) is 22.9 Å². The minimum absolute atomic E-state index is 0.0124. The van der Waals surface area contributed by atoms with Crippen molar-refractivity contribution in [2.75, 3.05) is 12.3 Å². The van der Waals surface area contributed by atoms with Crippen LogP contribution in [-0.2, 0) is 4.79 Å². The average molecular weight is 354 g/mol. The van der Waals surface area contributed by atoms with Crippen LogP contribution in [0, 0.1) is 10.1 Å². The molecule has 0 saturated heterocycles. The van der Waals surface area contributed by atoms with Crippen molar-refractivity contribution in [3.63, 3.8) is 0 Å². The lowest BCUT2D eigenvalue weighted by Crippen LogP contribution is -2.53. The SMILES string of the molecule is CCC(CC)(CN)NC(=O)CSc1ccc(C(N)=O)cc1[N+](=O)[O-]. The first-order valence-electron chi connectivity index (χ1n) is 7.50. The van der Waals surface area contributed by atoms with E-state index >= 15 is 0 Å². The fraction of sp³-hybridized carbons (Fsp3) is 0.467. The molecular weight excluding hydrogens is 332 g/mol. The van der Waals surface area contributed by atoms with Gasteiger partial charge in [0.2, 0.25) is 11.8 Å². The Morgan fingerprint density at radius 3 is 2.42 bits per heavy atom. The van der Waals surface area contributed by atoms with E-state index in [9.17, 15) is 19.7 Å². The van der Waals surface area contributed by atoms with E-state index in [1.165, 1.54) is 12.1 Å². The Bertz CT molecular complexity index is 624. The zero-order chi connectivity index (χ0) is 18.3. The van der Waals surface area contributed by atoms with Crippen LogP contribution >= 0.6 is 11.8 Å². The number of amides is 2.